The molecular weight excluding hydrogens is 546 g/mol. The third-order valence-electron chi connectivity index (χ3n) is 5.40. The van der Waals surface area contributed by atoms with Crippen LogP contribution in [0.2, 0.25) is 0 Å². The van der Waals surface area contributed by atoms with Crippen LogP contribution in [-0.4, -0.2) is 31.5 Å². The van der Waals surface area contributed by atoms with Crippen molar-refractivity contribution in [3.63, 3.8) is 0 Å². The van der Waals surface area contributed by atoms with Gasteiger partial charge in [0.25, 0.3) is 5.56 Å². The van der Waals surface area contributed by atoms with Crippen molar-refractivity contribution in [1.82, 2.24) is 24.4 Å². The van der Waals surface area contributed by atoms with Gasteiger partial charge < -0.3 is 4.74 Å². The van der Waals surface area contributed by atoms with Gasteiger partial charge in [0, 0.05) is 17.3 Å². The number of thiazole rings is 1. The molecule has 0 radical (unpaired) electrons. The zero-order chi connectivity index (χ0) is 23.9. The van der Waals surface area contributed by atoms with E-state index in [-0.39, 0.29) is 5.56 Å². The highest BCUT2D eigenvalue weighted by molar-refractivity contribution is 9.10. The highest BCUT2D eigenvalue weighted by Gasteiger charge is 2.16. The molecule has 4 heterocycles. The standard InChI is InChI=1S/C25H16BrN5O2S2/c1-33-19-10-9-15(12-18(19)26)22-16(14-30(28-22)17-6-3-2-4-7-17)13-21-24(32)31-25(35-21)27-23(29-31)20-8-5-11-34-20/h2-14H,1H3/b21-13-. The van der Waals surface area contributed by atoms with Crippen LogP contribution in [0, 0.1) is 0 Å². The Bertz CT molecular complexity index is 1770. The minimum Gasteiger partial charge on any atom is -0.496 e. The Morgan fingerprint density at radius 2 is 1.91 bits per heavy atom. The summed E-state index contributed by atoms with van der Waals surface area (Å²) < 4.78 is 9.93. The molecule has 0 aliphatic carbocycles. The SMILES string of the molecule is COc1ccc(-c2nn(-c3ccccc3)cc2/C=c2\sc3nc(-c4cccs4)nn3c2=O)cc1Br. The molecule has 0 aliphatic heterocycles. The number of hydrogen-bond donors (Lipinski definition) is 0. The highest BCUT2D eigenvalue weighted by atomic mass is 79.9. The maximum absolute atomic E-state index is 13.2. The van der Waals surface area contributed by atoms with E-state index in [0.717, 1.165) is 37.6 Å². The summed E-state index contributed by atoms with van der Waals surface area (Å²) in [5, 5.41) is 11.2. The lowest BCUT2D eigenvalue weighted by Crippen LogP contribution is -2.23. The summed E-state index contributed by atoms with van der Waals surface area (Å²) in [7, 11) is 1.63. The molecule has 0 atom stereocenters. The van der Waals surface area contributed by atoms with Gasteiger partial charge in [0.15, 0.2) is 5.82 Å². The molecule has 4 aromatic heterocycles. The first-order valence-corrected chi connectivity index (χ1v) is 13.0. The number of methoxy groups -OCH3 is 1. The first-order valence-electron chi connectivity index (χ1n) is 10.5. The van der Waals surface area contributed by atoms with E-state index in [1.807, 2.05) is 83.0 Å². The third-order valence-corrected chi connectivity index (χ3v) is 7.84. The molecular formula is C25H16BrN5O2S2. The van der Waals surface area contributed by atoms with Crippen LogP contribution in [0.1, 0.15) is 5.56 Å². The van der Waals surface area contributed by atoms with Crippen LogP contribution in [0.3, 0.4) is 0 Å². The minimum atomic E-state index is -0.199. The molecule has 0 bridgehead atoms. The van der Waals surface area contributed by atoms with Crippen molar-refractivity contribution in [2.75, 3.05) is 7.11 Å². The lowest BCUT2D eigenvalue weighted by Gasteiger charge is -2.05. The zero-order valence-corrected chi connectivity index (χ0v) is 21.5. The molecule has 6 rings (SSSR count). The highest BCUT2D eigenvalue weighted by Crippen LogP contribution is 2.32. The molecule has 7 nitrogen and oxygen atoms in total. The molecule has 6 aromatic rings. The predicted molar refractivity (Wildman–Crippen MR) is 142 cm³/mol. The molecule has 0 N–H and O–H groups in total. The third kappa shape index (κ3) is 3.99. The second-order valence-electron chi connectivity index (χ2n) is 7.59. The van der Waals surface area contributed by atoms with Crippen LogP contribution in [0.4, 0.5) is 0 Å². The van der Waals surface area contributed by atoms with E-state index in [1.54, 1.807) is 18.4 Å². The number of fused-ring (bicyclic) bond motifs is 1. The zero-order valence-electron chi connectivity index (χ0n) is 18.3. The number of thiophene rings is 1. The molecule has 0 fully saturated rings. The Morgan fingerprint density at radius 3 is 2.63 bits per heavy atom. The fourth-order valence-corrected chi connectivity index (χ4v) is 5.82. The first-order chi connectivity index (χ1) is 17.1. The van der Waals surface area contributed by atoms with Crippen molar-refractivity contribution >= 4 is 49.6 Å². The largest absolute Gasteiger partial charge is 0.496 e. The van der Waals surface area contributed by atoms with Crippen molar-refractivity contribution < 1.29 is 4.74 Å². The average molecular weight is 562 g/mol. The lowest BCUT2D eigenvalue weighted by molar-refractivity contribution is 0.412. The first kappa shape index (κ1) is 21.9. The molecule has 0 unspecified atom stereocenters. The van der Waals surface area contributed by atoms with Crippen LogP contribution in [0.25, 0.3) is 38.7 Å². The molecule has 172 valence electrons. The molecule has 35 heavy (non-hydrogen) atoms. The molecule has 10 heteroatoms. The van der Waals surface area contributed by atoms with Crippen LogP contribution in [-0.2, 0) is 0 Å². The van der Waals surface area contributed by atoms with Gasteiger partial charge in [-0.3, -0.25) is 4.79 Å². The number of para-hydroxylation sites is 1. The van der Waals surface area contributed by atoms with Crippen molar-refractivity contribution in [1.29, 1.82) is 0 Å². The van der Waals surface area contributed by atoms with Gasteiger partial charge in [0.05, 0.1) is 26.7 Å². The molecule has 0 amide bonds. The van der Waals surface area contributed by atoms with Crippen LogP contribution >= 0.6 is 38.6 Å². The van der Waals surface area contributed by atoms with Gasteiger partial charge >= 0.3 is 0 Å². The van der Waals surface area contributed by atoms with Gasteiger partial charge in [-0.1, -0.05) is 35.6 Å². The summed E-state index contributed by atoms with van der Waals surface area (Å²) in [5.41, 5.74) is 3.17. The van der Waals surface area contributed by atoms with E-state index in [2.05, 4.69) is 26.0 Å². The van der Waals surface area contributed by atoms with E-state index >= 15 is 0 Å². The number of hydrogen-bond acceptors (Lipinski definition) is 7. The van der Waals surface area contributed by atoms with Gasteiger partial charge in [-0.05, 0) is 63.8 Å². The van der Waals surface area contributed by atoms with Crippen molar-refractivity contribution in [3.05, 3.63) is 97.2 Å². The summed E-state index contributed by atoms with van der Waals surface area (Å²) in [6.07, 6.45) is 3.78. The van der Waals surface area contributed by atoms with Gasteiger partial charge in [-0.25, -0.2) is 4.68 Å². The Balaban J connectivity index is 1.51. The number of nitrogens with zero attached hydrogens (tertiary/aromatic N) is 5. The maximum Gasteiger partial charge on any atom is 0.291 e. The van der Waals surface area contributed by atoms with Gasteiger partial charge in [0.2, 0.25) is 4.96 Å². The summed E-state index contributed by atoms with van der Waals surface area (Å²) in [5.74, 6) is 1.30. The normalized spacial score (nSPS) is 12.0. The maximum atomic E-state index is 13.2. The predicted octanol–water partition coefficient (Wildman–Crippen LogP) is 5.05. The fourth-order valence-electron chi connectivity index (χ4n) is 3.73. The van der Waals surface area contributed by atoms with Gasteiger partial charge in [0.1, 0.15) is 11.4 Å². The van der Waals surface area contributed by atoms with Crippen molar-refractivity contribution in [2.24, 2.45) is 0 Å². The Kier molecular flexibility index (Phi) is 5.56. The summed E-state index contributed by atoms with van der Waals surface area (Å²) in [4.78, 5) is 19.2. The van der Waals surface area contributed by atoms with Crippen molar-refractivity contribution in [2.45, 2.75) is 0 Å². The number of ether oxygens (including phenoxy) is 1. The molecule has 2 aromatic carbocycles. The molecule has 0 spiro atoms. The number of rotatable bonds is 5. The van der Waals surface area contributed by atoms with Crippen LogP contribution < -0.4 is 14.8 Å². The quantitative estimate of drug-likeness (QED) is 0.294. The van der Waals surface area contributed by atoms with E-state index in [4.69, 9.17) is 9.84 Å². The van der Waals surface area contributed by atoms with E-state index in [9.17, 15) is 4.79 Å². The Labute approximate surface area is 215 Å². The Hall–Kier alpha value is -3.60. The lowest BCUT2D eigenvalue weighted by atomic mass is 10.1. The number of benzene rings is 2. The monoisotopic (exact) mass is 561 g/mol. The van der Waals surface area contributed by atoms with E-state index in [0.29, 0.717) is 15.3 Å². The van der Waals surface area contributed by atoms with E-state index in [1.165, 1.54) is 15.9 Å². The number of halogens is 1. The summed E-state index contributed by atoms with van der Waals surface area (Å²) in [6.45, 7) is 0. The molecule has 0 saturated carbocycles. The number of aromatic nitrogens is 5. The fraction of sp³-hybridized carbons (Fsp3) is 0.0400. The summed E-state index contributed by atoms with van der Waals surface area (Å²) in [6, 6.07) is 19.5. The van der Waals surface area contributed by atoms with Crippen molar-refractivity contribution in [3.8, 4) is 33.4 Å². The van der Waals surface area contributed by atoms with Gasteiger partial charge in [-0.2, -0.15) is 14.6 Å². The Morgan fingerprint density at radius 1 is 1.06 bits per heavy atom. The van der Waals surface area contributed by atoms with Gasteiger partial charge in [-0.15, -0.1) is 16.4 Å². The van der Waals surface area contributed by atoms with E-state index < -0.39 is 0 Å². The van der Waals surface area contributed by atoms with Crippen LogP contribution in [0.15, 0.2) is 81.5 Å². The topological polar surface area (TPSA) is 74.3 Å². The van der Waals surface area contributed by atoms with Crippen LogP contribution in [0.5, 0.6) is 5.75 Å². The molecule has 0 aliphatic rings. The smallest absolute Gasteiger partial charge is 0.291 e. The minimum absolute atomic E-state index is 0.199. The second-order valence-corrected chi connectivity index (χ2v) is 10.4. The second kappa shape index (κ2) is 8.88. The average Bonchev–Trinajstić information content (AvgIpc) is 3.66. The molecule has 0 saturated heterocycles. The summed E-state index contributed by atoms with van der Waals surface area (Å²) >= 11 is 6.42.